The summed E-state index contributed by atoms with van der Waals surface area (Å²) < 4.78 is 5.50. The standard InChI is InChI=1S/C18H18N4O2/c1-11-4-7-14(8-5-11)13(3)19-22-18(23)16-10-15(20-21-16)17-9-6-12(2)24-17/h4-10,19H,3H2,1-2H3,(H,20,21)(H,22,23). The largest absolute Gasteiger partial charge is 0.460 e. The first-order valence-corrected chi connectivity index (χ1v) is 7.47. The molecule has 0 radical (unpaired) electrons. The summed E-state index contributed by atoms with van der Waals surface area (Å²) in [5.41, 5.74) is 8.93. The van der Waals surface area contributed by atoms with Crippen LogP contribution in [-0.4, -0.2) is 16.1 Å². The number of H-pyrrole nitrogens is 1. The van der Waals surface area contributed by atoms with Crippen LogP contribution in [0.1, 0.15) is 27.4 Å². The van der Waals surface area contributed by atoms with E-state index in [2.05, 4.69) is 27.6 Å². The summed E-state index contributed by atoms with van der Waals surface area (Å²) in [5.74, 6) is 1.06. The number of nitrogens with zero attached hydrogens (tertiary/aromatic N) is 1. The molecule has 0 spiro atoms. The molecule has 1 amide bonds. The average molecular weight is 322 g/mol. The second kappa shape index (κ2) is 6.45. The van der Waals surface area contributed by atoms with Crippen LogP contribution in [0, 0.1) is 13.8 Å². The second-order valence-electron chi connectivity index (χ2n) is 5.50. The maximum atomic E-state index is 12.2. The van der Waals surface area contributed by atoms with Crippen molar-refractivity contribution in [3.05, 3.63) is 71.6 Å². The van der Waals surface area contributed by atoms with Gasteiger partial charge < -0.3 is 4.42 Å². The summed E-state index contributed by atoms with van der Waals surface area (Å²) in [6.45, 7) is 7.77. The molecule has 6 nitrogen and oxygen atoms in total. The second-order valence-corrected chi connectivity index (χ2v) is 5.50. The third-order valence-corrected chi connectivity index (χ3v) is 3.54. The maximum Gasteiger partial charge on any atom is 0.290 e. The third kappa shape index (κ3) is 3.38. The Morgan fingerprint density at radius 1 is 1.12 bits per heavy atom. The highest BCUT2D eigenvalue weighted by molar-refractivity contribution is 5.93. The van der Waals surface area contributed by atoms with Crippen molar-refractivity contribution in [2.75, 3.05) is 0 Å². The maximum absolute atomic E-state index is 12.2. The predicted molar refractivity (Wildman–Crippen MR) is 91.8 cm³/mol. The van der Waals surface area contributed by atoms with E-state index in [9.17, 15) is 4.79 Å². The van der Waals surface area contributed by atoms with Crippen molar-refractivity contribution in [3.8, 4) is 11.5 Å². The van der Waals surface area contributed by atoms with Crippen LogP contribution in [0.3, 0.4) is 0 Å². The normalized spacial score (nSPS) is 10.4. The highest BCUT2D eigenvalue weighted by Gasteiger charge is 2.13. The Bertz CT molecular complexity index is 875. The van der Waals surface area contributed by atoms with Gasteiger partial charge in [0.2, 0.25) is 0 Å². The van der Waals surface area contributed by atoms with E-state index in [-0.39, 0.29) is 11.6 Å². The van der Waals surface area contributed by atoms with Gasteiger partial charge in [0, 0.05) is 6.07 Å². The van der Waals surface area contributed by atoms with Crippen LogP contribution < -0.4 is 10.9 Å². The van der Waals surface area contributed by atoms with Gasteiger partial charge in [0.15, 0.2) is 11.5 Å². The highest BCUT2D eigenvalue weighted by atomic mass is 16.3. The Labute approximate surface area is 139 Å². The van der Waals surface area contributed by atoms with Gasteiger partial charge in [0.25, 0.3) is 5.91 Å². The van der Waals surface area contributed by atoms with Gasteiger partial charge in [0.1, 0.15) is 11.5 Å². The number of carbonyl (C=O) groups is 1. The number of furan rings is 1. The highest BCUT2D eigenvalue weighted by Crippen LogP contribution is 2.20. The van der Waals surface area contributed by atoms with Crippen molar-refractivity contribution in [2.24, 2.45) is 0 Å². The van der Waals surface area contributed by atoms with E-state index in [1.54, 1.807) is 6.07 Å². The molecule has 6 heteroatoms. The van der Waals surface area contributed by atoms with Crippen LogP contribution in [0.2, 0.25) is 0 Å². The molecule has 1 aromatic carbocycles. The van der Waals surface area contributed by atoms with E-state index in [0.29, 0.717) is 17.2 Å². The van der Waals surface area contributed by atoms with Gasteiger partial charge in [-0.05, 0) is 31.5 Å². The molecule has 2 aromatic heterocycles. The Kier molecular flexibility index (Phi) is 4.20. The number of rotatable bonds is 5. The molecule has 0 fully saturated rings. The third-order valence-electron chi connectivity index (χ3n) is 3.54. The SMILES string of the molecule is C=C(NNC(=O)c1cc(-c2ccc(C)o2)[nH]n1)c1ccc(C)cc1. The van der Waals surface area contributed by atoms with Crippen LogP contribution in [0.4, 0.5) is 0 Å². The van der Waals surface area contributed by atoms with E-state index in [4.69, 9.17) is 4.42 Å². The van der Waals surface area contributed by atoms with Gasteiger partial charge in [-0.3, -0.25) is 20.7 Å². The van der Waals surface area contributed by atoms with E-state index >= 15 is 0 Å². The molecule has 0 saturated carbocycles. The first-order chi connectivity index (χ1) is 11.5. The van der Waals surface area contributed by atoms with Crippen molar-refractivity contribution in [1.29, 1.82) is 0 Å². The fourth-order valence-corrected chi connectivity index (χ4v) is 2.17. The fourth-order valence-electron chi connectivity index (χ4n) is 2.17. The average Bonchev–Trinajstić information content (AvgIpc) is 3.22. The summed E-state index contributed by atoms with van der Waals surface area (Å²) in [6.07, 6.45) is 0. The van der Waals surface area contributed by atoms with Crippen molar-refractivity contribution < 1.29 is 9.21 Å². The van der Waals surface area contributed by atoms with Crippen LogP contribution in [0.25, 0.3) is 17.2 Å². The van der Waals surface area contributed by atoms with Crippen molar-refractivity contribution in [3.63, 3.8) is 0 Å². The minimum Gasteiger partial charge on any atom is -0.460 e. The molecule has 122 valence electrons. The van der Waals surface area contributed by atoms with Crippen molar-refractivity contribution in [1.82, 2.24) is 21.0 Å². The lowest BCUT2D eigenvalue weighted by Gasteiger charge is -2.10. The predicted octanol–water partition coefficient (Wildman–Crippen LogP) is 3.19. The molecule has 3 N–H and O–H groups in total. The number of aromatic nitrogens is 2. The van der Waals surface area contributed by atoms with Gasteiger partial charge in [-0.1, -0.05) is 36.4 Å². The molecule has 2 heterocycles. The van der Waals surface area contributed by atoms with Gasteiger partial charge >= 0.3 is 0 Å². The molecule has 24 heavy (non-hydrogen) atoms. The van der Waals surface area contributed by atoms with Crippen LogP contribution >= 0.6 is 0 Å². The van der Waals surface area contributed by atoms with Crippen molar-refractivity contribution in [2.45, 2.75) is 13.8 Å². The Morgan fingerprint density at radius 3 is 2.54 bits per heavy atom. The fraction of sp³-hybridized carbons (Fsp3) is 0.111. The summed E-state index contributed by atoms with van der Waals surface area (Å²) in [5, 5.41) is 6.78. The van der Waals surface area contributed by atoms with E-state index in [0.717, 1.165) is 16.9 Å². The lowest BCUT2D eigenvalue weighted by Crippen LogP contribution is -2.36. The van der Waals surface area contributed by atoms with Crippen LogP contribution in [0.15, 0.2) is 53.5 Å². The van der Waals surface area contributed by atoms with Gasteiger partial charge in [-0.15, -0.1) is 0 Å². The number of amides is 1. The zero-order valence-corrected chi connectivity index (χ0v) is 13.5. The quantitative estimate of drug-likeness (QED) is 0.630. The van der Waals surface area contributed by atoms with Gasteiger partial charge in [-0.25, -0.2) is 0 Å². The summed E-state index contributed by atoms with van der Waals surface area (Å²) in [6, 6.07) is 13.1. The molecule has 0 aliphatic carbocycles. The molecular weight excluding hydrogens is 304 g/mol. The molecule has 0 atom stereocenters. The van der Waals surface area contributed by atoms with Gasteiger partial charge in [0.05, 0.1) is 5.70 Å². The zero-order chi connectivity index (χ0) is 17.1. The van der Waals surface area contributed by atoms with E-state index in [1.165, 1.54) is 0 Å². The van der Waals surface area contributed by atoms with Crippen molar-refractivity contribution >= 4 is 11.6 Å². The Hall–Kier alpha value is -3.28. The topological polar surface area (TPSA) is 83.0 Å². The van der Waals surface area contributed by atoms with Crippen LogP contribution in [0.5, 0.6) is 0 Å². The first-order valence-electron chi connectivity index (χ1n) is 7.47. The van der Waals surface area contributed by atoms with E-state index < -0.39 is 0 Å². The minimum atomic E-state index is -0.367. The molecule has 0 unspecified atom stereocenters. The molecule has 0 saturated heterocycles. The van der Waals surface area contributed by atoms with Gasteiger partial charge in [-0.2, -0.15) is 5.10 Å². The number of aromatic amines is 1. The number of aryl methyl sites for hydroxylation is 2. The number of carbonyl (C=O) groups excluding carboxylic acids is 1. The smallest absolute Gasteiger partial charge is 0.290 e. The summed E-state index contributed by atoms with van der Waals surface area (Å²) in [4.78, 5) is 12.2. The summed E-state index contributed by atoms with van der Waals surface area (Å²) >= 11 is 0. The molecule has 3 aromatic rings. The Balaban J connectivity index is 1.62. The minimum absolute atomic E-state index is 0.253. The molecule has 0 aliphatic heterocycles. The monoisotopic (exact) mass is 322 g/mol. The molecular formula is C18H18N4O2. The first kappa shape index (κ1) is 15.6. The number of hydrogen-bond donors (Lipinski definition) is 3. The Morgan fingerprint density at radius 2 is 1.88 bits per heavy atom. The number of benzene rings is 1. The number of hydrazine groups is 1. The van der Waals surface area contributed by atoms with E-state index in [1.807, 2.05) is 50.2 Å². The molecule has 3 rings (SSSR count). The molecule has 0 bridgehead atoms. The zero-order valence-electron chi connectivity index (χ0n) is 13.5. The lowest BCUT2D eigenvalue weighted by atomic mass is 10.1. The summed E-state index contributed by atoms with van der Waals surface area (Å²) in [7, 11) is 0. The van der Waals surface area contributed by atoms with Crippen LogP contribution in [-0.2, 0) is 0 Å². The number of nitrogens with one attached hydrogen (secondary N) is 3. The number of hydrogen-bond acceptors (Lipinski definition) is 4. The molecule has 0 aliphatic rings. The lowest BCUT2D eigenvalue weighted by molar-refractivity contribution is 0.0937.